The molecule has 0 aromatic heterocycles. The average molecular weight is 325 g/mol. The molecule has 1 rings (SSSR count). The van der Waals surface area contributed by atoms with Gasteiger partial charge in [-0.15, -0.1) is 0 Å². The number of halogens is 2. The van der Waals surface area contributed by atoms with Crippen LogP contribution in [0.25, 0.3) is 0 Å². The van der Waals surface area contributed by atoms with Gasteiger partial charge in [-0.1, -0.05) is 40.2 Å². The van der Waals surface area contributed by atoms with Crippen LogP contribution in [-0.2, 0) is 10.0 Å². The molecule has 0 aliphatic carbocycles. The molecule has 0 atom stereocenters. The van der Waals surface area contributed by atoms with E-state index in [2.05, 4.69) is 27.2 Å². The van der Waals surface area contributed by atoms with E-state index in [9.17, 15) is 8.42 Å². The maximum Gasteiger partial charge on any atom is 0.241 e. The van der Waals surface area contributed by atoms with E-state index >= 15 is 0 Å². The van der Waals surface area contributed by atoms with Crippen LogP contribution in [0, 0.1) is 6.92 Å². The van der Waals surface area contributed by atoms with Gasteiger partial charge < -0.3 is 0 Å². The fourth-order valence-electron chi connectivity index (χ4n) is 1.11. The molecule has 3 nitrogen and oxygen atoms in total. The topological polar surface area (TPSA) is 46.2 Å². The first-order valence-electron chi connectivity index (χ1n) is 4.42. The van der Waals surface area contributed by atoms with Gasteiger partial charge in [0.2, 0.25) is 10.0 Å². The van der Waals surface area contributed by atoms with Gasteiger partial charge >= 0.3 is 0 Å². The molecule has 0 spiro atoms. The monoisotopic (exact) mass is 323 g/mol. The average Bonchev–Trinajstić information content (AvgIpc) is 2.19. The summed E-state index contributed by atoms with van der Waals surface area (Å²) in [5, 5.41) is 0.392. The number of rotatable bonds is 4. The lowest BCUT2D eigenvalue weighted by Crippen LogP contribution is -2.25. The SMILES string of the molecule is C=C(Br)CNS(=O)(=O)c1cc(Cl)ccc1C. The molecular weight excluding hydrogens is 314 g/mol. The molecule has 0 saturated carbocycles. The van der Waals surface area contributed by atoms with Crippen LogP contribution in [0.5, 0.6) is 0 Å². The Morgan fingerprint density at radius 3 is 2.75 bits per heavy atom. The minimum atomic E-state index is -3.53. The summed E-state index contributed by atoms with van der Waals surface area (Å²) in [6.45, 7) is 5.42. The Morgan fingerprint density at radius 1 is 1.56 bits per heavy atom. The predicted octanol–water partition coefficient (Wildman–Crippen LogP) is 2.84. The highest BCUT2D eigenvalue weighted by atomic mass is 79.9. The zero-order valence-corrected chi connectivity index (χ0v) is 11.8. The van der Waals surface area contributed by atoms with Crippen LogP contribution in [0.4, 0.5) is 0 Å². The summed E-state index contributed by atoms with van der Waals surface area (Å²) < 4.78 is 26.7. The van der Waals surface area contributed by atoms with Gasteiger partial charge in [-0.2, -0.15) is 0 Å². The van der Waals surface area contributed by atoms with Crippen LogP contribution in [0.1, 0.15) is 5.56 Å². The van der Waals surface area contributed by atoms with E-state index in [0.29, 0.717) is 15.1 Å². The number of aryl methyl sites for hydroxylation is 1. The minimum Gasteiger partial charge on any atom is -0.207 e. The number of benzene rings is 1. The molecule has 1 N–H and O–H groups in total. The standard InChI is InChI=1S/C10H11BrClNO2S/c1-7-3-4-9(12)5-10(7)16(14,15)13-6-8(2)11/h3-5,13H,2,6H2,1H3. The second kappa shape index (κ2) is 5.31. The molecule has 0 unspecified atom stereocenters. The molecule has 0 fully saturated rings. The highest BCUT2D eigenvalue weighted by Gasteiger charge is 2.16. The second-order valence-electron chi connectivity index (χ2n) is 3.25. The fourth-order valence-corrected chi connectivity index (χ4v) is 2.97. The van der Waals surface area contributed by atoms with E-state index in [0.717, 1.165) is 0 Å². The Labute approximate surface area is 109 Å². The minimum absolute atomic E-state index is 0.147. The smallest absolute Gasteiger partial charge is 0.207 e. The lowest BCUT2D eigenvalue weighted by Gasteiger charge is -2.08. The molecule has 0 radical (unpaired) electrons. The first kappa shape index (κ1) is 13.7. The number of hydrogen-bond acceptors (Lipinski definition) is 2. The van der Waals surface area contributed by atoms with Crippen LogP contribution in [0.2, 0.25) is 5.02 Å². The molecule has 6 heteroatoms. The Bertz CT molecular complexity index is 514. The molecule has 88 valence electrons. The maximum absolute atomic E-state index is 11.9. The van der Waals surface area contributed by atoms with E-state index in [1.54, 1.807) is 19.1 Å². The van der Waals surface area contributed by atoms with Crippen LogP contribution in [0.15, 0.2) is 34.2 Å². The van der Waals surface area contributed by atoms with Crippen LogP contribution in [0.3, 0.4) is 0 Å². The predicted molar refractivity (Wildman–Crippen MR) is 69.4 cm³/mol. The molecule has 0 bridgehead atoms. The van der Waals surface area contributed by atoms with Gasteiger partial charge in [-0.3, -0.25) is 0 Å². The quantitative estimate of drug-likeness (QED) is 0.925. The van der Waals surface area contributed by atoms with Gasteiger partial charge in [0.25, 0.3) is 0 Å². The molecule has 0 aliphatic heterocycles. The lowest BCUT2D eigenvalue weighted by molar-refractivity contribution is 0.585. The summed E-state index contributed by atoms with van der Waals surface area (Å²) in [5.74, 6) is 0. The molecule has 0 amide bonds. The van der Waals surface area contributed by atoms with Crippen molar-refractivity contribution < 1.29 is 8.42 Å². The molecule has 0 aliphatic rings. The molecule has 16 heavy (non-hydrogen) atoms. The van der Waals surface area contributed by atoms with Crippen LogP contribution in [-0.4, -0.2) is 15.0 Å². The van der Waals surface area contributed by atoms with E-state index in [1.165, 1.54) is 6.07 Å². The van der Waals surface area contributed by atoms with Crippen molar-refractivity contribution in [1.82, 2.24) is 4.72 Å². The largest absolute Gasteiger partial charge is 0.241 e. The summed E-state index contributed by atoms with van der Waals surface area (Å²) in [5.41, 5.74) is 0.650. The van der Waals surface area contributed by atoms with Gasteiger partial charge in [0.05, 0.1) is 4.90 Å². The third-order valence-corrected chi connectivity index (χ3v) is 3.95. The number of nitrogens with one attached hydrogen (secondary N) is 1. The van der Waals surface area contributed by atoms with Crippen molar-refractivity contribution in [2.24, 2.45) is 0 Å². The third kappa shape index (κ3) is 3.59. The van der Waals surface area contributed by atoms with Crippen molar-refractivity contribution in [1.29, 1.82) is 0 Å². The van der Waals surface area contributed by atoms with Crippen LogP contribution < -0.4 is 4.72 Å². The molecule has 0 heterocycles. The second-order valence-corrected chi connectivity index (χ2v) is 6.54. The van der Waals surface area contributed by atoms with Crippen molar-refractivity contribution >= 4 is 37.6 Å². The number of hydrogen-bond donors (Lipinski definition) is 1. The Hall–Kier alpha value is -0.360. The molecule has 0 saturated heterocycles. The summed E-state index contributed by atoms with van der Waals surface area (Å²) >= 11 is 8.85. The summed E-state index contributed by atoms with van der Waals surface area (Å²) in [4.78, 5) is 0.189. The molecular formula is C10H11BrClNO2S. The summed E-state index contributed by atoms with van der Waals surface area (Å²) in [6.07, 6.45) is 0. The van der Waals surface area contributed by atoms with E-state index in [4.69, 9.17) is 11.6 Å². The highest BCUT2D eigenvalue weighted by molar-refractivity contribution is 9.11. The Kier molecular flexibility index (Phi) is 4.55. The summed E-state index contributed by atoms with van der Waals surface area (Å²) in [7, 11) is -3.53. The first-order chi connectivity index (χ1) is 7.33. The van der Waals surface area contributed by atoms with Crippen molar-refractivity contribution in [2.45, 2.75) is 11.8 Å². The van der Waals surface area contributed by atoms with Crippen molar-refractivity contribution in [3.8, 4) is 0 Å². The van der Waals surface area contributed by atoms with Crippen molar-refractivity contribution in [3.05, 3.63) is 39.8 Å². The zero-order chi connectivity index (χ0) is 12.3. The van der Waals surface area contributed by atoms with Gasteiger partial charge in [-0.25, -0.2) is 13.1 Å². The highest BCUT2D eigenvalue weighted by Crippen LogP contribution is 2.20. The van der Waals surface area contributed by atoms with E-state index in [1.807, 2.05) is 0 Å². The zero-order valence-electron chi connectivity index (χ0n) is 8.63. The normalized spacial score (nSPS) is 11.4. The van der Waals surface area contributed by atoms with Gasteiger partial charge in [-0.05, 0) is 24.6 Å². The third-order valence-electron chi connectivity index (χ3n) is 1.89. The van der Waals surface area contributed by atoms with Crippen LogP contribution >= 0.6 is 27.5 Å². The van der Waals surface area contributed by atoms with E-state index < -0.39 is 10.0 Å². The Morgan fingerprint density at radius 2 is 2.19 bits per heavy atom. The lowest BCUT2D eigenvalue weighted by atomic mass is 10.2. The van der Waals surface area contributed by atoms with Gasteiger partial charge in [0.1, 0.15) is 0 Å². The van der Waals surface area contributed by atoms with Crippen molar-refractivity contribution in [2.75, 3.05) is 6.54 Å². The molecule has 1 aromatic carbocycles. The fraction of sp³-hybridized carbons (Fsp3) is 0.200. The number of sulfonamides is 1. The first-order valence-corrected chi connectivity index (χ1v) is 7.07. The Balaban J connectivity index is 3.07. The summed E-state index contributed by atoms with van der Waals surface area (Å²) in [6, 6.07) is 4.75. The van der Waals surface area contributed by atoms with Crippen molar-refractivity contribution in [3.63, 3.8) is 0 Å². The molecule has 1 aromatic rings. The van der Waals surface area contributed by atoms with E-state index in [-0.39, 0.29) is 11.4 Å². The van der Waals surface area contributed by atoms with Gasteiger partial charge in [0, 0.05) is 16.0 Å². The maximum atomic E-state index is 11.9. The van der Waals surface area contributed by atoms with Gasteiger partial charge in [0.15, 0.2) is 0 Å².